The van der Waals surface area contributed by atoms with Crippen LogP contribution in [0, 0.1) is 5.82 Å². The maximum Gasteiger partial charge on any atom is 0.411 e. The van der Waals surface area contributed by atoms with Gasteiger partial charge in [0.1, 0.15) is 17.5 Å². The van der Waals surface area contributed by atoms with Crippen molar-refractivity contribution in [1.29, 1.82) is 0 Å². The highest BCUT2D eigenvalue weighted by Gasteiger charge is 2.52. The molecule has 2 saturated heterocycles. The summed E-state index contributed by atoms with van der Waals surface area (Å²) in [5.41, 5.74) is 0.00969. The third-order valence-electron chi connectivity index (χ3n) is 7.06. The van der Waals surface area contributed by atoms with Gasteiger partial charge in [-0.3, -0.25) is 14.4 Å². The normalized spacial score (nSPS) is 24.0. The second-order valence-corrected chi connectivity index (χ2v) is 12.3. The van der Waals surface area contributed by atoms with Crippen LogP contribution in [0.1, 0.15) is 84.0 Å². The Hall–Kier alpha value is -3.04. The Kier molecular flexibility index (Phi) is 7.31. The molecular formula is C28H37F3N4O3. The summed E-state index contributed by atoms with van der Waals surface area (Å²) in [5.74, 6) is -4.15. The Labute approximate surface area is 221 Å². The summed E-state index contributed by atoms with van der Waals surface area (Å²) in [5, 5.41) is 4.78. The number of hydrogen-bond acceptors (Lipinski definition) is 4. The van der Waals surface area contributed by atoms with Crippen molar-refractivity contribution in [3.05, 3.63) is 53.6 Å². The first-order chi connectivity index (χ1) is 17.6. The van der Waals surface area contributed by atoms with Crippen molar-refractivity contribution < 1.29 is 27.5 Å². The van der Waals surface area contributed by atoms with Gasteiger partial charge in [-0.2, -0.15) is 5.10 Å². The molecule has 38 heavy (non-hydrogen) atoms. The monoisotopic (exact) mass is 534 g/mol. The van der Waals surface area contributed by atoms with Crippen LogP contribution in [0.4, 0.5) is 18.0 Å². The third-order valence-corrected chi connectivity index (χ3v) is 7.06. The number of hydrogen-bond donors (Lipinski definition) is 0. The van der Waals surface area contributed by atoms with Gasteiger partial charge < -0.3 is 9.64 Å². The van der Waals surface area contributed by atoms with Gasteiger partial charge in [0.25, 0.3) is 5.92 Å². The molecule has 2 aliphatic rings. The SMILES string of the molecule is CC(C)(C)OC(=O)N1[C@H](C(=O)N2CCC(F)(F)CC2)C[C@H](c2ccn(C(C)(C)C)n2)[C@@H]1c1cccc(F)c1. The van der Waals surface area contributed by atoms with Gasteiger partial charge in [-0.1, -0.05) is 12.1 Å². The van der Waals surface area contributed by atoms with E-state index in [0.717, 1.165) is 0 Å². The Morgan fingerprint density at radius 3 is 2.26 bits per heavy atom. The van der Waals surface area contributed by atoms with Crippen LogP contribution in [0.15, 0.2) is 36.5 Å². The molecule has 2 aliphatic heterocycles. The summed E-state index contributed by atoms with van der Waals surface area (Å²) in [7, 11) is 0. The van der Waals surface area contributed by atoms with Crippen molar-refractivity contribution in [3.8, 4) is 0 Å². The van der Waals surface area contributed by atoms with Crippen LogP contribution < -0.4 is 0 Å². The fourth-order valence-corrected chi connectivity index (χ4v) is 5.19. The number of halogens is 3. The molecule has 208 valence electrons. The average molecular weight is 535 g/mol. The molecular weight excluding hydrogens is 497 g/mol. The molecule has 2 fully saturated rings. The Morgan fingerprint density at radius 2 is 1.71 bits per heavy atom. The van der Waals surface area contributed by atoms with E-state index in [4.69, 9.17) is 9.84 Å². The lowest BCUT2D eigenvalue weighted by atomic mass is 9.90. The van der Waals surface area contributed by atoms with Gasteiger partial charge in [-0.15, -0.1) is 0 Å². The number of carbonyl (C=O) groups excluding carboxylic acids is 2. The van der Waals surface area contributed by atoms with E-state index in [1.54, 1.807) is 32.9 Å². The standard InChI is InChI=1S/C28H37F3N4O3/c1-26(2,3)34-13-10-21(32-34)20-17-22(24(36)33-14-11-28(30,31)12-15-33)35(25(37)38-27(4,5)6)23(20)18-8-7-9-19(29)16-18/h7-10,13,16,20,22-23H,11-12,14-15,17H2,1-6H3/t20-,22+,23+/m1/s1. The Morgan fingerprint density at radius 1 is 1.05 bits per heavy atom. The second kappa shape index (κ2) is 9.93. The van der Waals surface area contributed by atoms with E-state index in [2.05, 4.69) is 0 Å². The number of benzene rings is 1. The van der Waals surface area contributed by atoms with Crippen molar-refractivity contribution in [2.75, 3.05) is 13.1 Å². The first-order valence-corrected chi connectivity index (χ1v) is 13.1. The molecule has 0 radical (unpaired) electrons. The number of likely N-dealkylation sites (tertiary alicyclic amines) is 2. The van der Waals surface area contributed by atoms with Crippen molar-refractivity contribution >= 4 is 12.0 Å². The van der Waals surface area contributed by atoms with E-state index in [1.165, 1.54) is 21.9 Å². The summed E-state index contributed by atoms with van der Waals surface area (Å²) in [6.07, 6.45) is 0.477. The molecule has 0 saturated carbocycles. The van der Waals surface area contributed by atoms with Gasteiger partial charge in [0.15, 0.2) is 0 Å². The van der Waals surface area contributed by atoms with E-state index >= 15 is 0 Å². The van der Waals surface area contributed by atoms with Gasteiger partial charge in [0.05, 0.1) is 17.3 Å². The molecule has 10 heteroatoms. The fourth-order valence-electron chi connectivity index (χ4n) is 5.19. The second-order valence-electron chi connectivity index (χ2n) is 12.3. The zero-order valence-electron chi connectivity index (χ0n) is 22.9. The number of ether oxygens (including phenoxy) is 1. The molecule has 4 rings (SSSR count). The summed E-state index contributed by atoms with van der Waals surface area (Å²) >= 11 is 0. The minimum absolute atomic E-state index is 0.0988. The third kappa shape index (κ3) is 5.99. The van der Waals surface area contributed by atoms with Gasteiger partial charge >= 0.3 is 6.09 Å². The zero-order valence-corrected chi connectivity index (χ0v) is 22.9. The molecule has 1 aromatic carbocycles. The highest BCUT2D eigenvalue weighted by molar-refractivity contribution is 5.87. The molecule has 0 bridgehead atoms. The molecule has 2 aromatic rings. The van der Waals surface area contributed by atoms with Crippen LogP contribution in [0.25, 0.3) is 0 Å². The molecule has 0 aliphatic carbocycles. The van der Waals surface area contributed by atoms with Gasteiger partial charge in [0.2, 0.25) is 5.91 Å². The number of amides is 2. The molecule has 3 atom stereocenters. The van der Waals surface area contributed by atoms with Crippen LogP contribution in [-0.2, 0) is 15.1 Å². The Bertz CT molecular complexity index is 1170. The van der Waals surface area contributed by atoms with E-state index in [-0.39, 0.29) is 25.0 Å². The van der Waals surface area contributed by atoms with Crippen molar-refractivity contribution in [1.82, 2.24) is 19.6 Å². The van der Waals surface area contributed by atoms with E-state index in [0.29, 0.717) is 11.3 Å². The quantitative estimate of drug-likeness (QED) is 0.494. The molecule has 0 unspecified atom stereocenters. The number of rotatable bonds is 3. The Balaban J connectivity index is 1.79. The van der Waals surface area contributed by atoms with E-state index in [9.17, 15) is 22.8 Å². The lowest BCUT2D eigenvalue weighted by Crippen LogP contribution is -2.52. The van der Waals surface area contributed by atoms with Crippen LogP contribution in [0.5, 0.6) is 0 Å². The topological polar surface area (TPSA) is 67.7 Å². The van der Waals surface area contributed by atoms with Gasteiger partial charge in [0, 0.05) is 38.0 Å². The molecule has 0 spiro atoms. The summed E-state index contributed by atoms with van der Waals surface area (Å²) in [6, 6.07) is 6.07. The molecule has 3 heterocycles. The zero-order chi connectivity index (χ0) is 28.0. The maximum atomic E-state index is 14.4. The molecule has 7 nitrogen and oxygen atoms in total. The fraction of sp³-hybridized carbons (Fsp3) is 0.607. The largest absolute Gasteiger partial charge is 0.444 e. The van der Waals surface area contributed by atoms with Crippen LogP contribution >= 0.6 is 0 Å². The van der Waals surface area contributed by atoms with Crippen molar-refractivity contribution in [3.63, 3.8) is 0 Å². The molecule has 2 amide bonds. The summed E-state index contributed by atoms with van der Waals surface area (Å²) in [6.45, 7) is 11.0. The summed E-state index contributed by atoms with van der Waals surface area (Å²) < 4.78 is 49.7. The van der Waals surface area contributed by atoms with E-state index < -0.39 is 60.2 Å². The highest BCUT2D eigenvalue weighted by atomic mass is 19.3. The van der Waals surface area contributed by atoms with Gasteiger partial charge in [-0.05, 0) is 71.7 Å². The van der Waals surface area contributed by atoms with Crippen LogP contribution in [0.2, 0.25) is 0 Å². The molecule has 1 aromatic heterocycles. The van der Waals surface area contributed by atoms with Crippen LogP contribution in [-0.4, -0.2) is 62.2 Å². The number of alkyl halides is 2. The maximum absolute atomic E-state index is 14.4. The minimum Gasteiger partial charge on any atom is -0.444 e. The highest BCUT2D eigenvalue weighted by Crippen LogP contribution is 2.48. The lowest BCUT2D eigenvalue weighted by Gasteiger charge is -2.37. The number of carbonyl (C=O) groups is 2. The molecule has 0 N–H and O–H groups in total. The first-order valence-electron chi connectivity index (χ1n) is 13.1. The minimum atomic E-state index is -2.82. The summed E-state index contributed by atoms with van der Waals surface area (Å²) in [4.78, 5) is 30.2. The van der Waals surface area contributed by atoms with Crippen LogP contribution in [0.3, 0.4) is 0 Å². The number of piperidine rings is 1. The first kappa shape index (κ1) is 28.0. The van der Waals surface area contributed by atoms with Gasteiger partial charge in [-0.25, -0.2) is 18.0 Å². The predicted octanol–water partition coefficient (Wildman–Crippen LogP) is 5.87. The number of aromatic nitrogens is 2. The number of nitrogens with zero attached hydrogens (tertiary/aromatic N) is 4. The van der Waals surface area contributed by atoms with E-state index in [1.807, 2.05) is 37.7 Å². The van der Waals surface area contributed by atoms with Crippen molar-refractivity contribution in [2.45, 2.75) is 95.9 Å². The lowest BCUT2D eigenvalue weighted by molar-refractivity contribution is -0.142. The average Bonchev–Trinajstić information content (AvgIpc) is 3.43. The smallest absolute Gasteiger partial charge is 0.411 e. The predicted molar refractivity (Wildman–Crippen MR) is 136 cm³/mol. The van der Waals surface area contributed by atoms with Crippen molar-refractivity contribution in [2.24, 2.45) is 0 Å².